The minimum Gasteiger partial charge on any atom is -0.365 e. The van der Waals surface area contributed by atoms with Crippen LogP contribution in [0.3, 0.4) is 0 Å². The molecule has 12 heavy (non-hydrogen) atoms. The molecule has 0 atom stereocenters. The molecule has 0 amide bonds. The number of H-pyrrole nitrogens is 1. The standard InChI is InChI=1S/C7H12N2O2S/c8-12(10,11)6-2-4-7-3-1-5-9-7/h1,3,5,9H,2,4,6H2,(H2,8,10,11). The number of aryl methyl sites for hydroxylation is 1. The van der Waals surface area contributed by atoms with E-state index in [-0.39, 0.29) is 5.75 Å². The minimum atomic E-state index is -3.29. The molecule has 0 unspecified atom stereocenters. The van der Waals surface area contributed by atoms with Gasteiger partial charge in [0.2, 0.25) is 10.0 Å². The monoisotopic (exact) mass is 188 g/mol. The molecule has 0 aromatic carbocycles. The van der Waals surface area contributed by atoms with Gasteiger partial charge in [0.05, 0.1) is 5.75 Å². The highest BCUT2D eigenvalue weighted by molar-refractivity contribution is 7.89. The highest BCUT2D eigenvalue weighted by Crippen LogP contribution is 1.99. The van der Waals surface area contributed by atoms with Crippen molar-refractivity contribution >= 4 is 10.0 Å². The summed E-state index contributed by atoms with van der Waals surface area (Å²) in [6, 6.07) is 3.80. The van der Waals surface area contributed by atoms with E-state index in [4.69, 9.17) is 5.14 Å². The molecule has 0 fully saturated rings. The molecule has 1 rings (SSSR count). The maximum Gasteiger partial charge on any atom is 0.209 e. The predicted molar refractivity (Wildman–Crippen MR) is 47.1 cm³/mol. The van der Waals surface area contributed by atoms with E-state index in [1.54, 1.807) is 0 Å². The number of rotatable bonds is 4. The van der Waals surface area contributed by atoms with Gasteiger partial charge < -0.3 is 4.98 Å². The Kier molecular flexibility index (Phi) is 2.88. The van der Waals surface area contributed by atoms with Crippen LogP contribution in [-0.4, -0.2) is 19.2 Å². The molecule has 1 aromatic rings. The molecular weight excluding hydrogens is 176 g/mol. The van der Waals surface area contributed by atoms with Gasteiger partial charge in [0.15, 0.2) is 0 Å². The molecule has 4 nitrogen and oxygen atoms in total. The Bertz CT molecular complexity index is 315. The van der Waals surface area contributed by atoms with E-state index in [1.165, 1.54) is 0 Å². The summed E-state index contributed by atoms with van der Waals surface area (Å²) in [5.41, 5.74) is 1.04. The van der Waals surface area contributed by atoms with Crippen LogP contribution in [0.15, 0.2) is 18.3 Å². The molecule has 1 aromatic heterocycles. The fourth-order valence-corrected chi connectivity index (χ4v) is 1.53. The summed E-state index contributed by atoms with van der Waals surface area (Å²) in [5, 5.41) is 4.84. The van der Waals surface area contributed by atoms with Gasteiger partial charge in [-0.3, -0.25) is 0 Å². The van der Waals surface area contributed by atoms with Crippen molar-refractivity contribution in [1.29, 1.82) is 0 Å². The zero-order valence-electron chi connectivity index (χ0n) is 6.66. The van der Waals surface area contributed by atoms with Gasteiger partial charge in [0.1, 0.15) is 0 Å². The number of sulfonamides is 1. The first kappa shape index (κ1) is 9.28. The summed E-state index contributed by atoms with van der Waals surface area (Å²) in [6.07, 6.45) is 3.11. The fraction of sp³-hybridized carbons (Fsp3) is 0.429. The van der Waals surface area contributed by atoms with Crippen LogP contribution in [0.4, 0.5) is 0 Å². The Morgan fingerprint density at radius 3 is 2.75 bits per heavy atom. The topological polar surface area (TPSA) is 76.0 Å². The number of primary sulfonamides is 1. The second-order valence-corrected chi connectivity index (χ2v) is 4.40. The Morgan fingerprint density at radius 2 is 2.25 bits per heavy atom. The summed E-state index contributed by atoms with van der Waals surface area (Å²) < 4.78 is 21.1. The average Bonchev–Trinajstić information content (AvgIpc) is 2.36. The molecule has 1 heterocycles. The van der Waals surface area contributed by atoms with Gasteiger partial charge in [-0.2, -0.15) is 0 Å². The maximum atomic E-state index is 10.5. The van der Waals surface area contributed by atoms with Gasteiger partial charge in [-0.15, -0.1) is 0 Å². The summed E-state index contributed by atoms with van der Waals surface area (Å²) in [6.45, 7) is 0. The number of hydrogen-bond acceptors (Lipinski definition) is 2. The first-order valence-corrected chi connectivity index (χ1v) is 5.42. The van der Waals surface area contributed by atoms with Gasteiger partial charge in [-0.1, -0.05) is 0 Å². The quantitative estimate of drug-likeness (QED) is 0.710. The third kappa shape index (κ3) is 3.54. The first-order chi connectivity index (χ1) is 5.58. The van der Waals surface area contributed by atoms with Crippen LogP contribution in [0.25, 0.3) is 0 Å². The zero-order chi connectivity index (χ0) is 9.03. The molecule has 0 spiro atoms. The van der Waals surface area contributed by atoms with Gasteiger partial charge in [0, 0.05) is 11.9 Å². The normalized spacial score (nSPS) is 11.8. The van der Waals surface area contributed by atoms with Crippen molar-refractivity contribution in [2.45, 2.75) is 12.8 Å². The number of hydrogen-bond donors (Lipinski definition) is 2. The van der Waals surface area contributed by atoms with Gasteiger partial charge in [0.25, 0.3) is 0 Å². The molecular formula is C7H12N2O2S. The predicted octanol–water partition coefficient (Wildman–Crippen LogP) is 0.236. The summed E-state index contributed by atoms with van der Waals surface area (Å²) in [7, 11) is -3.29. The van der Waals surface area contributed by atoms with E-state index in [0.29, 0.717) is 6.42 Å². The van der Waals surface area contributed by atoms with Crippen molar-refractivity contribution in [3.63, 3.8) is 0 Å². The second kappa shape index (κ2) is 3.73. The largest absolute Gasteiger partial charge is 0.365 e. The van der Waals surface area contributed by atoms with Crippen molar-refractivity contribution in [2.75, 3.05) is 5.75 Å². The number of nitrogens with one attached hydrogen (secondary N) is 1. The van der Waals surface area contributed by atoms with Crippen molar-refractivity contribution in [2.24, 2.45) is 5.14 Å². The first-order valence-electron chi connectivity index (χ1n) is 3.71. The van der Waals surface area contributed by atoms with Crippen LogP contribution in [0.1, 0.15) is 12.1 Å². The van der Waals surface area contributed by atoms with E-state index in [0.717, 1.165) is 12.1 Å². The molecule has 0 saturated carbocycles. The molecule has 0 aliphatic rings. The molecule has 5 heteroatoms. The number of aromatic amines is 1. The summed E-state index contributed by atoms with van der Waals surface area (Å²) >= 11 is 0. The molecule has 0 radical (unpaired) electrons. The SMILES string of the molecule is NS(=O)(=O)CCCc1ccc[nH]1. The Morgan fingerprint density at radius 1 is 1.50 bits per heavy atom. The lowest BCUT2D eigenvalue weighted by molar-refractivity contribution is 0.595. The number of nitrogens with two attached hydrogens (primary N) is 1. The molecule has 3 N–H and O–H groups in total. The van der Waals surface area contributed by atoms with Crippen LogP contribution < -0.4 is 5.14 Å². The molecule has 68 valence electrons. The lowest BCUT2D eigenvalue weighted by atomic mass is 10.3. The number of aromatic nitrogens is 1. The highest BCUT2D eigenvalue weighted by Gasteiger charge is 2.02. The van der Waals surface area contributed by atoms with Crippen LogP contribution >= 0.6 is 0 Å². The Labute approximate surface area is 71.8 Å². The minimum absolute atomic E-state index is 0.0476. The van der Waals surface area contributed by atoms with Crippen molar-refractivity contribution in [3.8, 4) is 0 Å². The summed E-state index contributed by atoms with van der Waals surface area (Å²) in [4.78, 5) is 2.99. The van der Waals surface area contributed by atoms with Gasteiger partial charge in [-0.05, 0) is 25.0 Å². The Balaban J connectivity index is 2.29. The van der Waals surface area contributed by atoms with Crippen LogP contribution in [0, 0.1) is 0 Å². The van der Waals surface area contributed by atoms with E-state index in [9.17, 15) is 8.42 Å². The summed E-state index contributed by atoms with van der Waals surface area (Å²) in [5.74, 6) is 0.0476. The van der Waals surface area contributed by atoms with Crippen molar-refractivity contribution in [3.05, 3.63) is 24.0 Å². The van der Waals surface area contributed by atoms with E-state index < -0.39 is 10.0 Å². The van der Waals surface area contributed by atoms with Crippen LogP contribution in [0.2, 0.25) is 0 Å². The van der Waals surface area contributed by atoms with Gasteiger partial charge >= 0.3 is 0 Å². The van der Waals surface area contributed by atoms with Crippen molar-refractivity contribution in [1.82, 2.24) is 4.98 Å². The van der Waals surface area contributed by atoms with E-state index >= 15 is 0 Å². The lowest BCUT2D eigenvalue weighted by Gasteiger charge is -1.96. The molecule has 0 bridgehead atoms. The molecule has 0 saturated heterocycles. The lowest BCUT2D eigenvalue weighted by Crippen LogP contribution is -2.16. The molecule has 0 aliphatic carbocycles. The zero-order valence-corrected chi connectivity index (χ0v) is 7.47. The Hall–Kier alpha value is -0.810. The van der Waals surface area contributed by atoms with Crippen molar-refractivity contribution < 1.29 is 8.42 Å². The highest BCUT2D eigenvalue weighted by atomic mass is 32.2. The average molecular weight is 188 g/mol. The third-order valence-corrected chi connectivity index (χ3v) is 2.40. The smallest absolute Gasteiger partial charge is 0.209 e. The van der Waals surface area contributed by atoms with E-state index in [2.05, 4.69) is 4.98 Å². The second-order valence-electron chi connectivity index (χ2n) is 2.67. The van der Waals surface area contributed by atoms with Gasteiger partial charge in [-0.25, -0.2) is 13.6 Å². The third-order valence-electron chi connectivity index (χ3n) is 1.54. The van der Waals surface area contributed by atoms with Crippen LogP contribution in [-0.2, 0) is 16.4 Å². The molecule has 0 aliphatic heterocycles. The van der Waals surface area contributed by atoms with Crippen LogP contribution in [0.5, 0.6) is 0 Å². The fourth-order valence-electron chi connectivity index (χ4n) is 0.987. The maximum absolute atomic E-state index is 10.5. The van der Waals surface area contributed by atoms with E-state index in [1.807, 2.05) is 18.3 Å².